The monoisotopic (exact) mass is 360 g/mol. The summed E-state index contributed by atoms with van der Waals surface area (Å²) in [4.78, 5) is 15.0. The van der Waals surface area contributed by atoms with E-state index in [1.165, 1.54) is 0 Å². The second kappa shape index (κ2) is 7.94. The third kappa shape index (κ3) is 3.81. The summed E-state index contributed by atoms with van der Waals surface area (Å²) in [5, 5.41) is 3.18. The number of hydrogen-bond acceptors (Lipinski definition) is 9. The van der Waals surface area contributed by atoms with Crippen LogP contribution >= 0.6 is 0 Å². The van der Waals surface area contributed by atoms with E-state index < -0.39 is 0 Å². The summed E-state index contributed by atoms with van der Waals surface area (Å²) in [6.45, 7) is 2.35. The highest BCUT2D eigenvalue weighted by molar-refractivity contribution is 5.54. The number of nitrogens with one attached hydrogen (secondary N) is 1. The average molecular weight is 360 g/mol. The summed E-state index contributed by atoms with van der Waals surface area (Å²) in [7, 11) is 4.75. The highest BCUT2D eigenvalue weighted by atomic mass is 16.5. The lowest BCUT2D eigenvalue weighted by Crippen LogP contribution is -2.22. The Bertz CT molecular complexity index is 739. The van der Waals surface area contributed by atoms with Gasteiger partial charge in [0.25, 0.3) is 0 Å². The Kier molecular flexibility index (Phi) is 5.45. The Hall–Kier alpha value is -2.97. The molecule has 3 N–H and O–H groups in total. The zero-order valence-electron chi connectivity index (χ0n) is 15.3. The quantitative estimate of drug-likeness (QED) is 0.762. The van der Waals surface area contributed by atoms with Gasteiger partial charge in [-0.15, -0.1) is 0 Å². The van der Waals surface area contributed by atoms with Crippen molar-refractivity contribution in [2.45, 2.75) is 19.4 Å². The number of hydrogen-bond donors (Lipinski definition) is 2. The molecule has 2 aromatic rings. The van der Waals surface area contributed by atoms with Crippen molar-refractivity contribution in [2.75, 3.05) is 50.4 Å². The van der Waals surface area contributed by atoms with E-state index in [-0.39, 0.29) is 5.95 Å². The minimum absolute atomic E-state index is 0.203. The Morgan fingerprint density at radius 1 is 1.00 bits per heavy atom. The molecule has 2 heterocycles. The molecule has 1 saturated heterocycles. The van der Waals surface area contributed by atoms with E-state index in [0.29, 0.717) is 35.7 Å². The zero-order valence-corrected chi connectivity index (χ0v) is 15.3. The number of ether oxygens (including phenoxy) is 3. The van der Waals surface area contributed by atoms with Crippen LogP contribution in [0, 0.1) is 0 Å². The van der Waals surface area contributed by atoms with Crippen LogP contribution in [-0.2, 0) is 6.54 Å². The van der Waals surface area contributed by atoms with E-state index in [0.717, 1.165) is 31.5 Å². The van der Waals surface area contributed by atoms with Crippen LogP contribution in [0.25, 0.3) is 0 Å². The van der Waals surface area contributed by atoms with Crippen LogP contribution in [0.4, 0.5) is 17.8 Å². The Balaban J connectivity index is 1.78. The van der Waals surface area contributed by atoms with Crippen molar-refractivity contribution in [3.8, 4) is 17.2 Å². The number of benzene rings is 1. The first-order valence-electron chi connectivity index (χ1n) is 8.44. The molecule has 0 radical (unpaired) electrons. The van der Waals surface area contributed by atoms with Crippen LogP contribution in [0.3, 0.4) is 0 Å². The smallest absolute Gasteiger partial charge is 0.231 e. The van der Waals surface area contributed by atoms with Crippen LogP contribution in [0.15, 0.2) is 12.1 Å². The van der Waals surface area contributed by atoms with Crippen molar-refractivity contribution >= 4 is 17.8 Å². The highest BCUT2D eigenvalue weighted by Crippen LogP contribution is 2.38. The maximum Gasteiger partial charge on any atom is 0.231 e. The molecule has 1 aromatic heterocycles. The molecule has 1 aliphatic heterocycles. The summed E-state index contributed by atoms with van der Waals surface area (Å²) in [6, 6.07) is 3.75. The fraction of sp³-hybridized carbons (Fsp3) is 0.471. The third-order valence-electron chi connectivity index (χ3n) is 4.20. The SMILES string of the molecule is COc1cc(CNc2nc(N)nc(N3CCCC3)n2)cc(OC)c1OC. The van der Waals surface area contributed by atoms with E-state index >= 15 is 0 Å². The molecule has 3 rings (SSSR count). The van der Waals surface area contributed by atoms with Gasteiger partial charge in [-0.25, -0.2) is 0 Å². The third-order valence-corrected chi connectivity index (χ3v) is 4.20. The first-order chi connectivity index (χ1) is 12.6. The van der Waals surface area contributed by atoms with E-state index in [2.05, 4.69) is 25.2 Å². The Morgan fingerprint density at radius 3 is 2.23 bits per heavy atom. The lowest BCUT2D eigenvalue weighted by atomic mass is 10.2. The summed E-state index contributed by atoms with van der Waals surface area (Å²) in [5.74, 6) is 3.00. The largest absolute Gasteiger partial charge is 0.493 e. The molecule has 9 heteroatoms. The van der Waals surface area contributed by atoms with Crippen molar-refractivity contribution < 1.29 is 14.2 Å². The number of nitrogens with zero attached hydrogens (tertiary/aromatic N) is 4. The molecule has 1 aliphatic rings. The van der Waals surface area contributed by atoms with Gasteiger partial charge in [-0.05, 0) is 30.5 Å². The molecule has 1 aromatic carbocycles. The summed E-state index contributed by atoms with van der Waals surface area (Å²) >= 11 is 0. The van der Waals surface area contributed by atoms with Gasteiger partial charge in [0.1, 0.15) is 0 Å². The molecule has 0 saturated carbocycles. The van der Waals surface area contributed by atoms with Gasteiger partial charge in [0.15, 0.2) is 11.5 Å². The normalized spacial score (nSPS) is 13.6. The van der Waals surface area contributed by atoms with Gasteiger partial charge in [-0.1, -0.05) is 0 Å². The molecule has 0 atom stereocenters. The predicted octanol–water partition coefficient (Wildman–Crippen LogP) is 1.69. The number of anilines is 3. The first-order valence-corrected chi connectivity index (χ1v) is 8.44. The summed E-state index contributed by atoms with van der Waals surface area (Å²) in [6.07, 6.45) is 2.28. The number of nitrogens with two attached hydrogens (primary N) is 1. The van der Waals surface area contributed by atoms with E-state index in [4.69, 9.17) is 19.9 Å². The highest BCUT2D eigenvalue weighted by Gasteiger charge is 2.17. The molecule has 9 nitrogen and oxygen atoms in total. The predicted molar refractivity (Wildman–Crippen MR) is 99.1 cm³/mol. The summed E-state index contributed by atoms with van der Waals surface area (Å²) < 4.78 is 16.1. The Labute approximate surface area is 152 Å². The standard InChI is InChI=1S/C17H24N6O3/c1-24-12-8-11(9-13(25-2)14(12)26-3)10-19-16-20-15(18)21-17(22-16)23-6-4-5-7-23/h8-9H,4-7,10H2,1-3H3,(H3,18,19,20,21,22). The first kappa shape index (κ1) is 17.8. The van der Waals surface area contributed by atoms with Crippen molar-refractivity contribution in [2.24, 2.45) is 0 Å². The molecular formula is C17H24N6O3. The lowest BCUT2D eigenvalue weighted by molar-refractivity contribution is 0.324. The van der Waals surface area contributed by atoms with Gasteiger partial charge in [0.05, 0.1) is 21.3 Å². The molecule has 26 heavy (non-hydrogen) atoms. The van der Waals surface area contributed by atoms with Gasteiger partial charge >= 0.3 is 0 Å². The summed E-state index contributed by atoms with van der Waals surface area (Å²) in [5.41, 5.74) is 6.77. The van der Waals surface area contributed by atoms with Gasteiger partial charge < -0.3 is 30.2 Å². The van der Waals surface area contributed by atoms with Gasteiger partial charge in [0.2, 0.25) is 23.6 Å². The second-order valence-corrected chi connectivity index (χ2v) is 5.90. The molecule has 0 aliphatic carbocycles. The average Bonchev–Trinajstić information content (AvgIpc) is 3.19. The number of rotatable bonds is 7. The Morgan fingerprint density at radius 2 is 1.65 bits per heavy atom. The second-order valence-electron chi connectivity index (χ2n) is 5.90. The van der Waals surface area contributed by atoms with Crippen molar-refractivity contribution in [1.29, 1.82) is 0 Å². The molecule has 0 bridgehead atoms. The molecule has 140 valence electrons. The maximum atomic E-state index is 5.84. The fourth-order valence-corrected chi connectivity index (χ4v) is 2.94. The number of aromatic nitrogens is 3. The topological polar surface area (TPSA) is 108 Å². The zero-order chi connectivity index (χ0) is 18.5. The van der Waals surface area contributed by atoms with Gasteiger partial charge in [0, 0.05) is 19.6 Å². The van der Waals surface area contributed by atoms with Crippen molar-refractivity contribution in [1.82, 2.24) is 15.0 Å². The van der Waals surface area contributed by atoms with Crippen LogP contribution in [0.2, 0.25) is 0 Å². The van der Waals surface area contributed by atoms with Crippen LogP contribution in [-0.4, -0.2) is 49.4 Å². The van der Waals surface area contributed by atoms with Crippen LogP contribution in [0.1, 0.15) is 18.4 Å². The van der Waals surface area contributed by atoms with Crippen LogP contribution in [0.5, 0.6) is 17.2 Å². The van der Waals surface area contributed by atoms with Gasteiger partial charge in [-0.3, -0.25) is 0 Å². The minimum atomic E-state index is 0.203. The van der Waals surface area contributed by atoms with Gasteiger partial charge in [-0.2, -0.15) is 15.0 Å². The lowest BCUT2D eigenvalue weighted by Gasteiger charge is -2.17. The fourth-order valence-electron chi connectivity index (χ4n) is 2.94. The number of methoxy groups -OCH3 is 3. The molecular weight excluding hydrogens is 336 g/mol. The molecule has 1 fully saturated rings. The maximum absolute atomic E-state index is 5.84. The van der Waals surface area contributed by atoms with E-state index in [1.807, 2.05) is 12.1 Å². The molecule has 0 spiro atoms. The molecule has 0 amide bonds. The van der Waals surface area contributed by atoms with Crippen molar-refractivity contribution in [3.05, 3.63) is 17.7 Å². The minimum Gasteiger partial charge on any atom is -0.493 e. The van der Waals surface area contributed by atoms with E-state index in [1.54, 1.807) is 21.3 Å². The van der Waals surface area contributed by atoms with Crippen molar-refractivity contribution in [3.63, 3.8) is 0 Å². The van der Waals surface area contributed by atoms with E-state index in [9.17, 15) is 0 Å². The molecule has 0 unspecified atom stereocenters. The van der Waals surface area contributed by atoms with Crippen LogP contribution < -0.4 is 30.2 Å². The number of nitrogen functional groups attached to an aromatic ring is 1.